The highest BCUT2D eigenvalue weighted by Crippen LogP contribution is 2.46. The van der Waals surface area contributed by atoms with Crippen LogP contribution in [-0.2, 0) is 15.1 Å². The first-order valence-corrected chi connectivity index (χ1v) is 8.91. The van der Waals surface area contributed by atoms with Gasteiger partial charge in [0, 0.05) is 25.2 Å². The van der Waals surface area contributed by atoms with E-state index in [1.807, 2.05) is 48.5 Å². The molecular weight excluding hydrogens is 360 g/mol. The lowest BCUT2D eigenvalue weighted by Crippen LogP contribution is -2.45. The van der Waals surface area contributed by atoms with Crippen LogP contribution in [-0.4, -0.2) is 51.3 Å². The third-order valence-corrected chi connectivity index (χ3v) is 5.17. The van der Waals surface area contributed by atoms with Crippen molar-refractivity contribution in [1.82, 2.24) is 10.2 Å². The molecule has 1 atom stereocenters. The molecule has 7 heteroatoms. The van der Waals surface area contributed by atoms with Crippen molar-refractivity contribution >= 4 is 12.0 Å². The fourth-order valence-corrected chi connectivity index (χ4v) is 3.58. The van der Waals surface area contributed by atoms with E-state index < -0.39 is 17.7 Å². The van der Waals surface area contributed by atoms with E-state index in [1.165, 1.54) is 4.90 Å². The first-order valence-electron chi connectivity index (χ1n) is 8.91. The Morgan fingerprint density at radius 1 is 1.04 bits per heavy atom. The van der Waals surface area contributed by atoms with Crippen molar-refractivity contribution in [2.24, 2.45) is 0 Å². The van der Waals surface area contributed by atoms with Gasteiger partial charge in [-0.2, -0.15) is 0 Å². The van der Waals surface area contributed by atoms with E-state index in [0.29, 0.717) is 11.5 Å². The smallest absolute Gasteiger partial charge is 0.411 e. The number of nitrogens with zero attached hydrogens (tertiary/aromatic N) is 1. The summed E-state index contributed by atoms with van der Waals surface area (Å²) >= 11 is 0. The molecule has 28 heavy (non-hydrogen) atoms. The number of rotatable bonds is 6. The molecule has 148 valence electrons. The molecule has 3 rings (SSSR count). The maximum Gasteiger partial charge on any atom is 0.411 e. The minimum Gasteiger partial charge on any atom is -0.497 e. The standard InChI is InChI=1S/C21H24N2O5/c1-22-19(24)13-18-21(28-20(25)23(18)2,14-5-9-16(26-3)10-6-14)15-7-11-17(27-4)12-8-15/h5-12,18H,13H2,1-4H3,(H,22,24)/t18-/m0/s1. The molecule has 1 heterocycles. The first-order chi connectivity index (χ1) is 13.5. The van der Waals surface area contributed by atoms with Crippen LogP contribution >= 0.6 is 0 Å². The highest BCUT2D eigenvalue weighted by Gasteiger charge is 2.55. The first kappa shape index (κ1) is 19.5. The van der Waals surface area contributed by atoms with Gasteiger partial charge < -0.3 is 24.4 Å². The van der Waals surface area contributed by atoms with Crippen LogP contribution in [0.1, 0.15) is 17.5 Å². The van der Waals surface area contributed by atoms with Gasteiger partial charge in [0.15, 0.2) is 5.60 Å². The van der Waals surface area contributed by atoms with E-state index in [1.54, 1.807) is 28.3 Å². The number of hydrogen-bond acceptors (Lipinski definition) is 5. The molecule has 1 aliphatic heterocycles. The fourth-order valence-electron chi connectivity index (χ4n) is 3.58. The maximum absolute atomic E-state index is 12.6. The quantitative estimate of drug-likeness (QED) is 0.828. The summed E-state index contributed by atoms with van der Waals surface area (Å²) in [5.41, 5.74) is 0.367. The molecule has 2 amide bonds. The topological polar surface area (TPSA) is 77.1 Å². The van der Waals surface area contributed by atoms with Crippen LogP contribution in [0, 0.1) is 0 Å². The maximum atomic E-state index is 12.6. The fraction of sp³-hybridized carbons (Fsp3) is 0.333. The Labute approximate surface area is 164 Å². The number of ether oxygens (including phenoxy) is 3. The minimum atomic E-state index is -1.14. The molecule has 1 aliphatic rings. The second kappa shape index (κ2) is 7.80. The average molecular weight is 384 g/mol. The van der Waals surface area contributed by atoms with E-state index in [2.05, 4.69) is 5.32 Å². The average Bonchev–Trinajstić information content (AvgIpc) is 2.99. The highest BCUT2D eigenvalue weighted by atomic mass is 16.6. The van der Waals surface area contributed by atoms with Crippen molar-refractivity contribution in [2.45, 2.75) is 18.1 Å². The Hall–Kier alpha value is -3.22. The van der Waals surface area contributed by atoms with Crippen LogP contribution in [0.2, 0.25) is 0 Å². The lowest BCUT2D eigenvalue weighted by Gasteiger charge is -2.35. The Morgan fingerprint density at radius 2 is 1.50 bits per heavy atom. The van der Waals surface area contributed by atoms with Gasteiger partial charge in [-0.25, -0.2) is 4.79 Å². The van der Waals surface area contributed by atoms with E-state index in [4.69, 9.17) is 14.2 Å². The summed E-state index contributed by atoms with van der Waals surface area (Å²) in [6.07, 6.45) is -0.392. The van der Waals surface area contributed by atoms with Crippen LogP contribution in [0.15, 0.2) is 48.5 Å². The predicted molar refractivity (Wildman–Crippen MR) is 103 cm³/mol. The monoisotopic (exact) mass is 384 g/mol. The van der Waals surface area contributed by atoms with Crippen molar-refractivity contribution in [3.05, 3.63) is 59.7 Å². The second-order valence-corrected chi connectivity index (χ2v) is 6.56. The number of amides is 2. The van der Waals surface area contributed by atoms with Crippen molar-refractivity contribution in [2.75, 3.05) is 28.3 Å². The summed E-state index contributed by atoms with van der Waals surface area (Å²) in [5.74, 6) is 1.20. The van der Waals surface area contributed by atoms with Crippen molar-refractivity contribution < 1.29 is 23.8 Å². The lowest BCUT2D eigenvalue weighted by molar-refractivity contribution is -0.122. The van der Waals surface area contributed by atoms with Gasteiger partial charge >= 0.3 is 6.09 Å². The van der Waals surface area contributed by atoms with Crippen molar-refractivity contribution in [3.8, 4) is 11.5 Å². The van der Waals surface area contributed by atoms with Gasteiger partial charge in [0.1, 0.15) is 11.5 Å². The number of hydrogen-bond donors (Lipinski definition) is 1. The summed E-state index contributed by atoms with van der Waals surface area (Å²) in [7, 11) is 6.39. The lowest BCUT2D eigenvalue weighted by atomic mass is 9.78. The summed E-state index contributed by atoms with van der Waals surface area (Å²) in [6, 6.07) is 14.1. The SMILES string of the molecule is CNC(=O)C[C@@H]1N(C)C(=O)OC1(c1ccc(OC)cc1)c1ccc(OC)cc1. The zero-order valence-electron chi connectivity index (χ0n) is 16.4. The van der Waals surface area contributed by atoms with E-state index in [0.717, 1.165) is 11.1 Å². The van der Waals surface area contributed by atoms with Gasteiger partial charge in [0.05, 0.1) is 26.7 Å². The molecule has 0 saturated carbocycles. The van der Waals surface area contributed by atoms with Crippen LogP contribution in [0.5, 0.6) is 11.5 Å². The zero-order valence-corrected chi connectivity index (χ0v) is 16.4. The van der Waals surface area contributed by atoms with Gasteiger partial charge in [-0.1, -0.05) is 24.3 Å². The number of likely N-dealkylation sites (N-methyl/N-ethyl adjacent to an activating group) is 1. The third-order valence-electron chi connectivity index (χ3n) is 5.17. The minimum absolute atomic E-state index is 0.0940. The van der Waals surface area contributed by atoms with Crippen LogP contribution in [0.4, 0.5) is 4.79 Å². The molecule has 7 nitrogen and oxygen atoms in total. The summed E-state index contributed by atoms with van der Waals surface area (Å²) in [4.78, 5) is 26.3. The molecule has 2 aromatic carbocycles. The molecule has 1 saturated heterocycles. The van der Waals surface area contributed by atoms with E-state index >= 15 is 0 Å². The molecule has 0 unspecified atom stereocenters. The van der Waals surface area contributed by atoms with Crippen LogP contribution < -0.4 is 14.8 Å². The van der Waals surface area contributed by atoms with E-state index in [-0.39, 0.29) is 12.3 Å². The normalized spacial score (nSPS) is 17.8. The number of methoxy groups -OCH3 is 2. The molecule has 2 aromatic rings. The number of nitrogens with one attached hydrogen (secondary N) is 1. The zero-order chi connectivity index (χ0) is 20.3. The second-order valence-electron chi connectivity index (χ2n) is 6.56. The Kier molecular flexibility index (Phi) is 5.44. The summed E-state index contributed by atoms with van der Waals surface area (Å²) in [5, 5.41) is 2.63. The molecule has 0 spiro atoms. The van der Waals surface area contributed by atoms with Crippen LogP contribution in [0.25, 0.3) is 0 Å². The molecule has 1 N–H and O–H groups in total. The molecule has 0 radical (unpaired) electrons. The summed E-state index contributed by atoms with van der Waals surface area (Å²) in [6.45, 7) is 0. The largest absolute Gasteiger partial charge is 0.497 e. The highest BCUT2D eigenvalue weighted by molar-refractivity contribution is 5.80. The molecule has 0 aromatic heterocycles. The Morgan fingerprint density at radius 3 is 1.89 bits per heavy atom. The number of cyclic esters (lactones) is 1. The van der Waals surface area contributed by atoms with Gasteiger partial charge in [0.2, 0.25) is 5.91 Å². The molecule has 0 bridgehead atoms. The Bertz CT molecular complexity index is 801. The van der Waals surface area contributed by atoms with Crippen molar-refractivity contribution in [1.29, 1.82) is 0 Å². The van der Waals surface area contributed by atoms with Crippen molar-refractivity contribution in [3.63, 3.8) is 0 Å². The van der Waals surface area contributed by atoms with E-state index in [9.17, 15) is 9.59 Å². The number of carbonyl (C=O) groups excluding carboxylic acids is 2. The van der Waals surface area contributed by atoms with Gasteiger partial charge in [-0.3, -0.25) is 4.79 Å². The predicted octanol–water partition coefficient (Wildman–Crippen LogP) is 2.53. The number of carbonyl (C=O) groups is 2. The number of benzene rings is 2. The third kappa shape index (κ3) is 3.24. The van der Waals surface area contributed by atoms with Gasteiger partial charge in [-0.05, 0) is 24.3 Å². The Balaban J connectivity index is 2.19. The molecule has 0 aliphatic carbocycles. The van der Waals surface area contributed by atoms with Gasteiger partial charge in [-0.15, -0.1) is 0 Å². The summed E-state index contributed by atoms with van der Waals surface area (Å²) < 4.78 is 16.5. The molecular formula is C21H24N2O5. The van der Waals surface area contributed by atoms with Crippen LogP contribution in [0.3, 0.4) is 0 Å². The molecule has 1 fully saturated rings. The van der Waals surface area contributed by atoms with Gasteiger partial charge in [0.25, 0.3) is 0 Å².